The van der Waals surface area contributed by atoms with Gasteiger partial charge in [-0.15, -0.1) is 0 Å². The Hall–Kier alpha value is -1.72. The van der Waals surface area contributed by atoms with Gasteiger partial charge in [-0.1, -0.05) is 0 Å². The monoisotopic (exact) mass is 245 g/mol. The molecule has 0 saturated heterocycles. The van der Waals surface area contributed by atoms with E-state index < -0.39 is 12.4 Å². The average Bonchev–Trinajstić information content (AvgIpc) is 2.28. The number of ether oxygens (including phenoxy) is 2. The van der Waals surface area contributed by atoms with E-state index in [9.17, 15) is 13.6 Å². The fourth-order valence-electron chi connectivity index (χ4n) is 1.45. The summed E-state index contributed by atoms with van der Waals surface area (Å²) < 4.78 is 34.9. The molecule has 1 rings (SSSR count). The quantitative estimate of drug-likeness (QED) is 0.765. The largest absolute Gasteiger partial charge is 0.496 e. The molecule has 0 N–H and O–H groups in total. The summed E-state index contributed by atoms with van der Waals surface area (Å²) in [6, 6.07) is 0. The molecular formula is C11H13F2NO3. The van der Waals surface area contributed by atoms with E-state index in [1.54, 1.807) is 6.92 Å². The van der Waals surface area contributed by atoms with Gasteiger partial charge in [0.05, 0.1) is 19.3 Å². The molecule has 0 bridgehead atoms. The van der Waals surface area contributed by atoms with Gasteiger partial charge in [-0.25, -0.2) is 18.6 Å². The molecule has 0 aromatic carbocycles. The van der Waals surface area contributed by atoms with Gasteiger partial charge in [0.1, 0.15) is 5.75 Å². The number of esters is 1. The summed E-state index contributed by atoms with van der Waals surface area (Å²) in [5, 5.41) is 0. The Balaban J connectivity index is 3.24. The number of rotatable bonds is 4. The first-order valence-corrected chi connectivity index (χ1v) is 5.01. The number of nitrogens with zero attached hydrogens (tertiary/aromatic N) is 1. The first-order valence-electron chi connectivity index (χ1n) is 5.01. The number of aromatic nitrogens is 1. The molecule has 0 radical (unpaired) electrons. The molecule has 17 heavy (non-hydrogen) atoms. The van der Waals surface area contributed by atoms with E-state index in [2.05, 4.69) is 4.98 Å². The number of alkyl halides is 2. The van der Waals surface area contributed by atoms with E-state index in [1.807, 2.05) is 0 Å². The number of hydrogen-bond donors (Lipinski definition) is 0. The van der Waals surface area contributed by atoms with Gasteiger partial charge in [-0.2, -0.15) is 0 Å². The highest BCUT2D eigenvalue weighted by Crippen LogP contribution is 2.32. The minimum Gasteiger partial charge on any atom is -0.496 e. The normalized spacial score (nSPS) is 10.5. The van der Waals surface area contributed by atoms with Crippen LogP contribution in [0.2, 0.25) is 0 Å². The minimum atomic E-state index is -2.70. The van der Waals surface area contributed by atoms with Crippen molar-refractivity contribution in [3.63, 3.8) is 0 Å². The molecule has 1 aromatic rings. The van der Waals surface area contributed by atoms with Crippen molar-refractivity contribution >= 4 is 5.97 Å². The lowest BCUT2D eigenvalue weighted by Crippen LogP contribution is -2.11. The van der Waals surface area contributed by atoms with Gasteiger partial charge >= 0.3 is 5.97 Å². The predicted octanol–water partition coefficient (Wildman–Crippen LogP) is 2.51. The van der Waals surface area contributed by atoms with Crippen LogP contribution in [0.1, 0.15) is 35.0 Å². The van der Waals surface area contributed by atoms with Crippen molar-refractivity contribution in [1.82, 2.24) is 4.98 Å². The lowest BCUT2D eigenvalue weighted by atomic mass is 10.1. The lowest BCUT2D eigenvalue weighted by Gasteiger charge is -2.12. The molecule has 0 spiro atoms. The third-order valence-electron chi connectivity index (χ3n) is 2.20. The highest BCUT2D eigenvalue weighted by Gasteiger charge is 2.22. The third kappa shape index (κ3) is 2.69. The molecule has 0 aliphatic heterocycles. The van der Waals surface area contributed by atoms with Crippen LogP contribution in [0.4, 0.5) is 8.78 Å². The van der Waals surface area contributed by atoms with E-state index in [0.29, 0.717) is 0 Å². The van der Waals surface area contributed by atoms with Crippen LogP contribution in [0.3, 0.4) is 0 Å². The Morgan fingerprint density at radius 1 is 1.53 bits per heavy atom. The van der Waals surface area contributed by atoms with Gasteiger partial charge < -0.3 is 9.47 Å². The van der Waals surface area contributed by atoms with Crippen molar-refractivity contribution in [2.24, 2.45) is 0 Å². The Labute approximate surface area is 97.6 Å². The maximum atomic E-state index is 12.6. The van der Waals surface area contributed by atoms with E-state index in [4.69, 9.17) is 9.47 Å². The lowest BCUT2D eigenvalue weighted by molar-refractivity contribution is 0.0517. The molecule has 0 fully saturated rings. The van der Waals surface area contributed by atoms with Crippen LogP contribution in [0.25, 0.3) is 0 Å². The van der Waals surface area contributed by atoms with Crippen LogP contribution in [0.5, 0.6) is 5.75 Å². The zero-order valence-electron chi connectivity index (χ0n) is 9.79. The van der Waals surface area contributed by atoms with E-state index in [1.165, 1.54) is 14.0 Å². The SMILES string of the molecule is CCOC(=O)c1ncc(C(F)F)c(OC)c1C. The summed E-state index contributed by atoms with van der Waals surface area (Å²) in [4.78, 5) is 15.2. The van der Waals surface area contributed by atoms with E-state index in [0.717, 1.165) is 6.20 Å². The van der Waals surface area contributed by atoms with Crippen LogP contribution in [0.15, 0.2) is 6.20 Å². The Morgan fingerprint density at radius 3 is 2.65 bits per heavy atom. The minimum absolute atomic E-state index is 0.00639. The molecular weight excluding hydrogens is 232 g/mol. The topological polar surface area (TPSA) is 48.4 Å². The van der Waals surface area contributed by atoms with Gasteiger partial charge in [-0.3, -0.25) is 0 Å². The second kappa shape index (κ2) is 5.56. The van der Waals surface area contributed by atoms with Crippen molar-refractivity contribution in [2.45, 2.75) is 20.3 Å². The number of hydrogen-bond acceptors (Lipinski definition) is 4. The second-order valence-corrected chi connectivity index (χ2v) is 3.24. The number of methoxy groups -OCH3 is 1. The molecule has 0 aliphatic rings. The molecule has 0 amide bonds. The van der Waals surface area contributed by atoms with Gasteiger partial charge in [0.15, 0.2) is 5.69 Å². The summed E-state index contributed by atoms with van der Waals surface area (Å²) in [6.45, 7) is 3.33. The average molecular weight is 245 g/mol. The Bertz CT molecular complexity index is 421. The van der Waals surface area contributed by atoms with E-state index >= 15 is 0 Å². The molecule has 0 atom stereocenters. The Morgan fingerprint density at radius 2 is 2.18 bits per heavy atom. The zero-order chi connectivity index (χ0) is 13.0. The van der Waals surface area contributed by atoms with Crippen LogP contribution in [0, 0.1) is 6.92 Å². The molecule has 0 unspecified atom stereocenters. The van der Waals surface area contributed by atoms with Crippen molar-refractivity contribution in [3.8, 4) is 5.75 Å². The summed E-state index contributed by atoms with van der Waals surface area (Å²) >= 11 is 0. The first kappa shape index (κ1) is 13.3. The zero-order valence-corrected chi connectivity index (χ0v) is 9.79. The van der Waals surface area contributed by atoms with Crippen LogP contribution in [-0.2, 0) is 4.74 Å². The number of carbonyl (C=O) groups excluding carboxylic acids is 1. The number of halogens is 2. The standard InChI is InChI=1S/C11H13F2NO3/c1-4-17-11(15)8-6(2)9(16-3)7(5-14-8)10(12)13/h5,10H,4H2,1-3H3. The highest BCUT2D eigenvalue weighted by atomic mass is 19.3. The van der Waals surface area contributed by atoms with E-state index in [-0.39, 0.29) is 29.2 Å². The number of carbonyl (C=O) groups is 1. The molecule has 0 saturated carbocycles. The molecule has 1 aromatic heterocycles. The van der Waals surface area contributed by atoms with Crippen LogP contribution >= 0.6 is 0 Å². The van der Waals surface area contributed by atoms with Gasteiger partial charge in [-0.05, 0) is 13.8 Å². The van der Waals surface area contributed by atoms with Crippen LogP contribution in [-0.4, -0.2) is 24.7 Å². The van der Waals surface area contributed by atoms with Crippen molar-refractivity contribution in [2.75, 3.05) is 13.7 Å². The smallest absolute Gasteiger partial charge is 0.357 e. The number of pyridine rings is 1. The summed E-state index contributed by atoms with van der Waals surface area (Å²) in [7, 11) is 1.27. The van der Waals surface area contributed by atoms with Crippen molar-refractivity contribution in [1.29, 1.82) is 0 Å². The van der Waals surface area contributed by atoms with Crippen molar-refractivity contribution in [3.05, 3.63) is 23.0 Å². The first-order chi connectivity index (χ1) is 8.02. The summed E-state index contributed by atoms with van der Waals surface area (Å²) in [5.41, 5.74) is -0.0881. The predicted molar refractivity (Wildman–Crippen MR) is 56.4 cm³/mol. The van der Waals surface area contributed by atoms with Gasteiger partial charge in [0.2, 0.25) is 0 Å². The Kier molecular flexibility index (Phi) is 4.37. The molecule has 1 heterocycles. The fraction of sp³-hybridized carbons (Fsp3) is 0.455. The van der Waals surface area contributed by atoms with Gasteiger partial charge in [0.25, 0.3) is 6.43 Å². The maximum absolute atomic E-state index is 12.6. The molecule has 4 nitrogen and oxygen atoms in total. The fourth-order valence-corrected chi connectivity index (χ4v) is 1.45. The second-order valence-electron chi connectivity index (χ2n) is 3.24. The highest BCUT2D eigenvalue weighted by molar-refractivity contribution is 5.89. The van der Waals surface area contributed by atoms with Gasteiger partial charge in [0, 0.05) is 11.8 Å². The van der Waals surface area contributed by atoms with Crippen LogP contribution < -0.4 is 4.74 Å². The molecule has 6 heteroatoms. The maximum Gasteiger partial charge on any atom is 0.357 e. The summed E-state index contributed by atoms with van der Waals surface area (Å²) in [6.07, 6.45) is -1.77. The van der Waals surface area contributed by atoms with Crippen molar-refractivity contribution < 1.29 is 23.0 Å². The third-order valence-corrected chi connectivity index (χ3v) is 2.20. The molecule has 94 valence electrons. The molecule has 0 aliphatic carbocycles. The summed E-state index contributed by atoms with van der Waals surface area (Å²) in [5.74, 6) is -0.679.